The molecule has 0 aliphatic rings. The number of hydrogen-bond donors (Lipinski definition) is 3. The molecule has 4 N–H and O–H groups in total. The topological polar surface area (TPSA) is 143 Å². The monoisotopic (exact) mass is 410 g/mol. The van der Waals surface area contributed by atoms with Crippen LogP contribution in [0, 0.1) is 11.3 Å². The number of nitrogens with two attached hydrogens (primary N) is 1. The van der Waals surface area contributed by atoms with E-state index >= 15 is 0 Å². The first kappa shape index (κ1) is 20.1. The van der Waals surface area contributed by atoms with Gasteiger partial charge in [-0.2, -0.15) is 10.2 Å². The Labute approximate surface area is 168 Å². The van der Waals surface area contributed by atoms with Gasteiger partial charge in [-0.05, 0) is 36.4 Å². The van der Waals surface area contributed by atoms with Crippen LogP contribution in [-0.4, -0.2) is 25.0 Å². The van der Waals surface area contributed by atoms with Crippen molar-refractivity contribution in [3.63, 3.8) is 0 Å². The Morgan fingerprint density at radius 1 is 1.10 bits per heavy atom. The second kappa shape index (κ2) is 9.01. The summed E-state index contributed by atoms with van der Waals surface area (Å²) in [5.74, 6) is 1.55. The molecule has 0 aliphatic carbocycles. The van der Waals surface area contributed by atoms with Gasteiger partial charge in [0.25, 0.3) is 0 Å². The van der Waals surface area contributed by atoms with Crippen LogP contribution < -0.4 is 20.5 Å². The molecule has 10 heteroatoms. The summed E-state index contributed by atoms with van der Waals surface area (Å²) in [6, 6.07) is 17.0. The molecule has 2 aromatic carbocycles. The number of hydrogen-bond acceptors (Lipinski definition) is 8. The molecule has 0 radical (unpaired) electrons. The van der Waals surface area contributed by atoms with Gasteiger partial charge in [0.1, 0.15) is 17.6 Å². The molecular weight excluding hydrogens is 392 g/mol. The molecule has 1 aromatic heterocycles. The summed E-state index contributed by atoms with van der Waals surface area (Å²) >= 11 is 0. The average molecular weight is 410 g/mol. The number of sulfonamides is 1. The molecule has 148 valence electrons. The lowest BCUT2D eigenvalue weighted by Gasteiger charge is -2.11. The molecule has 0 saturated heterocycles. The van der Waals surface area contributed by atoms with E-state index in [0.717, 1.165) is 5.56 Å². The molecule has 29 heavy (non-hydrogen) atoms. The van der Waals surface area contributed by atoms with Gasteiger partial charge >= 0.3 is 0 Å². The van der Waals surface area contributed by atoms with Crippen molar-refractivity contribution >= 4 is 27.5 Å². The smallest absolute Gasteiger partial charge is 0.238 e. The van der Waals surface area contributed by atoms with E-state index in [9.17, 15) is 8.42 Å². The van der Waals surface area contributed by atoms with Gasteiger partial charge in [0, 0.05) is 24.0 Å². The van der Waals surface area contributed by atoms with E-state index in [-0.39, 0.29) is 11.5 Å². The third kappa shape index (κ3) is 5.65. The Balaban J connectivity index is 1.67. The number of para-hydroxylation sites is 1. The summed E-state index contributed by atoms with van der Waals surface area (Å²) in [5.41, 5.74) is 1.50. The molecule has 0 unspecified atom stereocenters. The standard InChI is InChI=1S/C19H18N6O3S/c20-10-12-28-17-4-2-1-3-14(17)13-23-18-9-11-22-19(25-18)24-15-5-7-16(8-6-15)29(21,26)27/h1-9,11H,12-13H2,(H2,21,26,27)(H2,22,23,24,25). The molecule has 3 rings (SSSR count). The van der Waals surface area contributed by atoms with Crippen molar-refractivity contribution in [1.82, 2.24) is 9.97 Å². The van der Waals surface area contributed by atoms with Crippen molar-refractivity contribution < 1.29 is 13.2 Å². The van der Waals surface area contributed by atoms with Crippen LogP contribution in [0.3, 0.4) is 0 Å². The summed E-state index contributed by atoms with van der Waals surface area (Å²) in [6.45, 7) is 0.421. The summed E-state index contributed by atoms with van der Waals surface area (Å²) < 4.78 is 28.0. The third-order valence-corrected chi connectivity index (χ3v) is 4.75. The second-order valence-electron chi connectivity index (χ2n) is 5.87. The van der Waals surface area contributed by atoms with E-state index in [1.807, 2.05) is 24.3 Å². The molecule has 1 heterocycles. The molecule has 0 saturated carbocycles. The first-order valence-corrected chi connectivity index (χ1v) is 10.0. The van der Waals surface area contributed by atoms with Crippen molar-refractivity contribution in [2.24, 2.45) is 5.14 Å². The fraction of sp³-hybridized carbons (Fsp3) is 0.105. The van der Waals surface area contributed by atoms with Crippen molar-refractivity contribution in [2.45, 2.75) is 11.4 Å². The van der Waals surface area contributed by atoms with Crippen molar-refractivity contribution in [1.29, 1.82) is 5.26 Å². The van der Waals surface area contributed by atoms with Crippen LogP contribution in [0.2, 0.25) is 0 Å². The van der Waals surface area contributed by atoms with E-state index in [2.05, 4.69) is 20.6 Å². The van der Waals surface area contributed by atoms with Gasteiger partial charge in [-0.3, -0.25) is 0 Å². The molecular formula is C19H18N6O3S. The van der Waals surface area contributed by atoms with E-state index in [1.165, 1.54) is 12.1 Å². The Kier molecular flexibility index (Phi) is 6.23. The highest BCUT2D eigenvalue weighted by Gasteiger charge is 2.08. The lowest BCUT2D eigenvalue weighted by Crippen LogP contribution is -2.11. The van der Waals surface area contributed by atoms with Crippen LogP contribution in [0.1, 0.15) is 5.56 Å². The van der Waals surface area contributed by atoms with Crippen LogP contribution in [-0.2, 0) is 16.6 Å². The molecule has 0 bridgehead atoms. The Hall–Kier alpha value is -3.68. The molecule has 9 nitrogen and oxygen atoms in total. The first-order valence-electron chi connectivity index (χ1n) is 8.50. The number of nitrogens with one attached hydrogen (secondary N) is 2. The summed E-state index contributed by atoms with van der Waals surface area (Å²) in [7, 11) is -3.74. The average Bonchev–Trinajstić information content (AvgIpc) is 2.71. The number of anilines is 3. The minimum absolute atomic E-state index is 0.0247. The third-order valence-electron chi connectivity index (χ3n) is 3.82. The number of ether oxygens (including phenoxy) is 1. The van der Waals surface area contributed by atoms with Crippen LogP contribution in [0.15, 0.2) is 65.7 Å². The van der Waals surface area contributed by atoms with Gasteiger partial charge in [0.2, 0.25) is 16.0 Å². The van der Waals surface area contributed by atoms with E-state index in [1.54, 1.807) is 30.5 Å². The lowest BCUT2D eigenvalue weighted by molar-refractivity contribution is 0.364. The van der Waals surface area contributed by atoms with Crippen LogP contribution in [0.25, 0.3) is 0 Å². The first-order chi connectivity index (χ1) is 14.0. The number of aromatic nitrogens is 2. The highest BCUT2D eigenvalue weighted by atomic mass is 32.2. The maximum absolute atomic E-state index is 11.3. The number of nitriles is 1. The fourth-order valence-corrected chi connectivity index (χ4v) is 2.98. The molecule has 0 amide bonds. The van der Waals surface area contributed by atoms with Crippen molar-refractivity contribution in [3.8, 4) is 11.8 Å². The molecule has 0 atom stereocenters. The lowest BCUT2D eigenvalue weighted by atomic mass is 10.2. The quantitative estimate of drug-likeness (QED) is 0.513. The van der Waals surface area contributed by atoms with E-state index in [4.69, 9.17) is 15.1 Å². The van der Waals surface area contributed by atoms with Gasteiger partial charge in [-0.1, -0.05) is 18.2 Å². The predicted octanol–water partition coefficient (Wildman–Crippen LogP) is 2.38. The number of benzene rings is 2. The maximum atomic E-state index is 11.3. The number of nitrogens with zero attached hydrogens (tertiary/aromatic N) is 3. The van der Waals surface area contributed by atoms with Crippen LogP contribution in [0.5, 0.6) is 5.75 Å². The zero-order valence-electron chi connectivity index (χ0n) is 15.2. The SMILES string of the molecule is N#CCOc1ccccc1CNc1ccnc(Nc2ccc(S(N)(=O)=O)cc2)n1. The molecule has 0 spiro atoms. The largest absolute Gasteiger partial charge is 0.478 e. The number of rotatable bonds is 8. The van der Waals surface area contributed by atoms with Crippen LogP contribution in [0.4, 0.5) is 17.5 Å². The second-order valence-corrected chi connectivity index (χ2v) is 7.43. The Morgan fingerprint density at radius 3 is 2.59 bits per heavy atom. The molecule has 0 aliphatic heterocycles. The van der Waals surface area contributed by atoms with Gasteiger partial charge in [-0.25, -0.2) is 18.5 Å². The zero-order chi connectivity index (χ0) is 20.7. The summed E-state index contributed by atoms with van der Waals surface area (Å²) in [4.78, 5) is 8.55. The highest BCUT2D eigenvalue weighted by Crippen LogP contribution is 2.20. The Morgan fingerprint density at radius 2 is 1.86 bits per heavy atom. The van der Waals surface area contributed by atoms with Gasteiger partial charge in [-0.15, -0.1) is 0 Å². The molecule has 3 aromatic rings. The van der Waals surface area contributed by atoms with E-state index < -0.39 is 10.0 Å². The van der Waals surface area contributed by atoms with Crippen molar-refractivity contribution in [2.75, 3.05) is 17.2 Å². The minimum Gasteiger partial charge on any atom is -0.478 e. The number of primary sulfonamides is 1. The molecule has 0 fully saturated rings. The summed E-state index contributed by atoms with van der Waals surface area (Å²) in [5, 5.41) is 20.0. The summed E-state index contributed by atoms with van der Waals surface area (Å²) in [6.07, 6.45) is 1.59. The highest BCUT2D eigenvalue weighted by molar-refractivity contribution is 7.89. The van der Waals surface area contributed by atoms with Gasteiger partial charge in [0.15, 0.2) is 6.61 Å². The van der Waals surface area contributed by atoms with Crippen molar-refractivity contribution in [3.05, 3.63) is 66.4 Å². The zero-order valence-corrected chi connectivity index (χ0v) is 16.1. The normalized spacial score (nSPS) is 10.8. The van der Waals surface area contributed by atoms with Gasteiger partial charge in [0.05, 0.1) is 4.90 Å². The van der Waals surface area contributed by atoms with E-state index in [0.29, 0.717) is 29.7 Å². The predicted molar refractivity (Wildman–Crippen MR) is 108 cm³/mol. The fourth-order valence-electron chi connectivity index (χ4n) is 2.46. The maximum Gasteiger partial charge on any atom is 0.238 e. The minimum atomic E-state index is -3.74. The Bertz CT molecular complexity index is 1130. The van der Waals surface area contributed by atoms with Gasteiger partial charge < -0.3 is 15.4 Å². The van der Waals surface area contributed by atoms with Crippen LogP contribution >= 0.6 is 0 Å².